The second kappa shape index (κ2) is 6.73. The van der Waals surface area contributed by atoms with Gasteiger partial charge in [0.15, 0.2) is 11.7 Å². The van der Waals surface area contributed by atoms with E-state index in [-0.39, 0.29) is 4.75 Å². The first-order chi connectivity index (χ1) is 9.91. The summed E-state index contributed by atoms with van der Waals surface area (Å²) in [5.74, 6) is 3.31. The van der Waals surface area contributed by atoms with Crippen LogP contribution in [0.15, 0.2) is 15.6 Å². The van der Waals surface area contributed by atoms with Crippen LogP contribution in [-0.4, -0.2) is 46.7 Å². The Hall–Kier alpha value is -1.17. The van der Waals surface area contributed by atoms with Gasteiger partial charge in [0.25, 0.3) is 0 Å². The van der Waals surface area contributed by atoms with Crippen LogP contribution in [-0.2, 0) is 6.54 Å². The zero-order chi connectivity index (χ0) is 15.5. The highest BCUT2D eigenvalue weighted by atomic mass is 32.2. The van der Waals surface area contributed by atoms with E-state index in [1.54, 1.807) is 0 Å². The third-order valence-corrected chi connectivity index (χ3v) is 4.82. The van der Waals surface area contributed by atoms with Crippen molar-refractivity contribution in [2.24, 2.45) is 4.99 Å². The molecule has 5 nitrogen and oxygen atoms in total. The maximum atomic E-state index is 5.36. The third-order valence-electron chi connectivity index (χ3n) is 3.53. The van der Waals surface area contributed by atoms with Gasteiger partial charge in [-0.05, 0) is 19.8 Å². The molecule has 0 radical (unpaired) electrons. The first kappa shape index (κ1) is 16.2. The number of hydrogen-bond acceptors (Lipinski definition) is 4. The van der Waals surface area contributed by atoms with Crippen molar-refractivity contribution in [3.05, 3.63) is 17.5 Å². The molecule has 0 bridgehead atoms. The lowest BCUT2D eigenvalue weighted by Gasteiger charge is -2.39. The molecule has 1 aromatic rings. The fourth-order valence-corrected chi connectivity index (χ4v) is 3.49. The highest BCUT2D eigenvalue weighted by molar-refractivity contribution is 8.00. The van der Waals surface area contributed by atoms with E-state index < -0.39 is 0 Å². The summed E-state index contributed by atoms with van der Waals surface area (Å²) in [7, 11) is 1.83. The van der Waals surface area contributed by atoms with Gasteiger partial charge >= 0.3 is 0 Å². The number of rotatable bonds is 3. The van der Waals surface area contributed by atoms with Crippen LogP contribution in [0, 0.1) is 0 Å². The Balaban J connectivity index is 1.93. The molecule has 2 rings (SSSR count). The van der Waals surface area contributed by atoms with Gasteiger partial charge in [0.1, 0.15) is 0 Å². The number of aliphatic imine (C=N–C) groups is 1. The van der Waals surface area contributed by atoms with E-state index in [0.29, 0.717) is 12.5 Å². The molecule has 0 spiro atoms. The average Bonchev–Trinajstić information content (AvgIpc) is 2.87. The van der Waals surface area contributed by atoms with E-state index >= 15 is 0 Å². The highest BCUT2D eigenvalue weighted by Gasteiger charge is 2.28. The fourth-order valence-electron chi connectivity index (χ4n) is 2.38. The lowest BCUT2D eigenvalue weighted by molar-refractivity contribution is 0.356. The van der Waals surface area contributed by atoms with Crippen molar-refractivity contribution in [3.8, 4) is 0 Å². The Morgan fingerprint density at radius 1 is 1.57 bits per heavy atom. The second-order valence-electron chi connectivity index (χ2n) is 6.30. The van der Waals surface area contributed by atoms with Crippen molar-refractivity contribution in [2.45, 2.75) is 44.9 Å². The van der Waals surface area contributed by atoms with Gasteiger partial charge in [-0.2, -0.15) is 11.8 Å². The predicted octanol–water partition coefficient (Wildman–Crippen LogP) is 2.70. The topological polar surface area (TPSA) is 53.7 Å². The van der Waals surface area contributed by atoms with Gasteiger partial charge in [-0.25, -0.2) is 0 Å². The molecule has 6 heteroatoms. The summed E-state index contributed by atoms with van der Waals surface area (Å²) < 4.78 is 5.63. The van der Waals surface area contributed by atoms with Gasteiger partial charge in [0.2, 0.25) is 0 Å². The zero-order valence-corrected chi connectivity index (χ0v) is 14.5. The van der Waals surface area contributed by atoms with E-state index in [2.05, 4.69) is 48.1 Å². The van der Waals surface area contributed by atoms with E-state index in [4.69, 9.17) is 4.52 Å². The molecular formula is C15H26N4OS. The number of guanidine groups is 1. The van der Waals surface area contributed by atoms with Crippen molar-refractivity contribution in [2.75, 3.05) is 25.9 Å². The minimum atomic E-state index is 0.271. The number of aromatic nitrogens is 1. The minimum Gasteiger partial charge on any atom is -0.359 e. The average molecular weight is 310 g/mol. The van der Waals surface area contributed by atoms with Crippen LogP contribution in [0.25, 0.3) is 0 Å². The largest absolute Gasteiger partial charge is 0.359 e. The Labute approximate surface area is 131 Å². The SMILES string of the molecule is CN=C(NCc1cc(C(C)C)no1)N1CCSC(C)(C)C1. The molecule has 0 amide bonds. The van der Waals surface area contributed by atoms with Crippen molar-refractivity contribution >= 4 is 17.7 Å². The first-order valence-corrected chi connectivity index (χ1v) is 8.45. The highest BCUT2D eigenvalue weighted by Crippen LogP contribution is 2.29. The maximum absolute atomic E-state index is 5.36. The normalized spacial score (nSPS) is 19.1. The molecule has 0 saturated carbocycles. The molecule has 0 aromatic carbocycles. The van der Waals surface area contributed by atoms with Gasteiger partial charge < -0.3 is 14.7 Å². The maximum Gasteiger partial charge on any atom is 0.194 e. The number of thioether (sulfide) groups is 1. The zero-order valence-electron chi connectivity index (χ0n) is 13.6. The standard InChI is InChI=1S/C15H26N4OS/c1-11(2)13-8-12(20-18-13)9-17-14(16-5)19-6-7-21-15(3,4)10-19/h8,11H,6-7,9-10H2,1-5H3,(H,16,17). The predicted molar refractivity (Wildman–Crippen MR) is 88.9 cm³/mol. The number of nitrogens with zero attached hydrogens (tertiary/aromatic N) is 3. The minimum absolute atomic E-state index is 0.271. The third kappa shape index (κ3) is 4.40. The van der Waals surface area contributed by atoms with Gasteiger partial charge in [0.05, 0.1) is 12.2 Å². The fraction of sp³-hybridized carbons (Fsp3) is 0.733. The van der Waals surface area contributed by atoms with E-state index in [0.717, 1.165) is 36.3 Å². The van der Waals surface area contributed by atoms with Gasteiger partial charge in [-0.15, -0.1) is 0 Å². The molecule has 21 heavy (non-hydrogen) atoms. The molecule has 1 aliphatic rings. The quantitative estimate of drug-likeness (QED) is 0.687. The van der Waals surface area contributed by atoms with E-state index in [1.807, 2.05) is 24.9 Å². The van der Waals surface area contributed by atoms with Crippen molar-refractivity contribution in [1.82, 2.24) is 15.4 Å². The summed E-state index contributed by atoms with van der Waals surface area (Å²) in [5.41, 5.74) is 0.997. The summed E-state index contributed by atoms with van der Waals surface area (Å²) >= 11 is 2.02. The lowest BCUT2D eigenvalue weighted by atomic mass is 10.1. The molecule has 0 unspecified atom stereocenters. The Morgan fingerprint density at radius 3 is 2.90 bits per heavy atom. The molecule has 2 heterocycles. The van der Waals surface area contributed by atoms with E-state index in [9.17, 15) is 0 Å². The number of hydrogen-bond donors (Lipinski definition) is 1. The van der Waals surface area contributed by atoms with Gasteiger partial charge in [0, 0.05) is 36.7 Å². The first-order valence-electron chi connectivity index (χ1n) is 7.46. The van der Waals surface area contributed by atoms with Crippen LogP contribution in [0.1, 0.15) is 45.1 Å². The molecule has 1 aromatic heterocycles. The van der Waals surface area contributed by atoms with Gasteiger partial charge in [-0.1, -0.05) is 19.0 Å². The smallest absolute Gasteiger partial charge is 0.194 e. The Kier molecular flexibility index (Phi) is 5.19. The van der Waals surface area contributed by atoms with Crippen LogP contribution < -0.4 is 5.32 Å². The Morgan fingerprint density at radius 2 is 2.33 bits per heavy atom. The van der Waals surface area contributed by atoms with E-state index in [1.165, 1.54) is 0 Å². The van der Waals surface area contributed by atoms with Crippen molar-refractivity contribution < 1.29 is 4.52 Å². The summed E-state index contributed by atoms with van der Waals surface area (Å²) in [6, 6.07) is 2.01. The summed E-state index contributed by atoms with van der Waals surface area (Å²) in [6.45, 7) is 11.4. The number of nitrogens with one attached hydrogen (secondary N) is 1. The molecule has 0 atom stereocenters. The molecule has 118 valence electrons. The molecule has 1 aliphatic heterocycles. The summed E-state index contributed by atoms with van der Waals surface area (Å²) in [5, 5.41) is 7.46. The van der Waals surface area contributed by atoms with Crippen LogP contribution in [0.2, 0.25) is 0 Å². The van der Waals surface area contributed by atoms with Crippen molar-refractivity contribution in [3.63, 3.8) is 0 Å². The monoisotopic (exact) mass is 310 g/mol. The molecular weight excluding hydrogens is 284 g/mol. The molecule has 0 aliphatic carbocycles. The van der Waals surface area contributed by atoms with Crippen LogP contribution in [0.4, 0.5) is 0 Å². The van der Waals surface area contributed by atoms with Crippen LogP contribution in [0.5, 0.6) is 0 Å². The van der Waals surface area contributed by atoms with Crippen molar-refractivity contribution in [1.29, 1.82) is 0 Å². The Bertz CT molecular complexity index is 496. The molecule has 1 saturated heterocycles. The summed E-state index contributed by atoms with van der Waals surface area (Å²) in [4.78, 5) is 6.71. The molecule has 1 N–H and O–H groups in total. The summed E-state index contributed by atoms with van der Waals surface area (Å²) in [6.07, 6.45) is 0. The van der Waals surface area contributed by atoms with Crippen LogP contribution >= 0.6 is 11.8 Å². The second-order valence-corrected chi connectivity index (χ2v) is 8.11. The molecule has 1 fully saturated rings. The lowest BCUT2D eigenvalue weighted by Crippen LogP contribution is -2.50. The van der Waals surface area contributed by atoms with Crippen LogP contribution in [0.3, 0.4) is 0 Å². The van der Waals surface area contributed by atoms with Gasteiger partial charge in [-0.3, -0.25) is 4.99 Å².